The Bertz CT molecular complexity index is 916. The van der Waals surface area contributed by atoms with Crippen LogP contribution in [0.1, 0.15) is 18.0 Å². The number of para-hydroxylation sites is 1. The van der Waals surface area contributed by atoms with E-state index < -0.39 is 6.10 Å². The van der Waals surface area contributed by atoms with Crippen molar-refractivity contribution in [2.24, 2.45) is 0 Å². The van der Waals surface area contributed by atoms with Crippen LogP contribution < -0.4 is 10.9 Å². The van der Waals surface area contributed by atoms with Crippen molar-refractivity contribution in [3.8, 4) is 0 Å². The Morgan fingerprint density at radius 1 is 1.39 bits per heavy atom. The third kappa shape index (κ3) is 2.39. The Kier molecular flexibility index (Phi) is 3.16. The number of aryl methyl sites for hydroxylation is 1. The van der Waals surface area contributed by atoms with Gasteiger partial charge in [0.1, 0.15) is 0 Å². The van der Waals surface area contributed by atoms with Crippen LogP contribution in [0.4, 0.5) is 5.95 Å². The van der Waals surface area contributed by atoms with E-state index in [1.807, 2.05) is 25.3 Å². The molecule has 0 amide bonds. The van der Waals surface area contributed by atoms with Crippen LogP contribution in [-0.2, 0) is 0 Å². The molecule has 0 unspecified atom stereocenters. The number of fused-ring (bicyclic) bond motifs is 1. The van der Waals surface area contributed by atoms with Gasteiger partial charge in [-0.1, -0.05) is 12.1 Å². The predicted octanol–water partition coefficient (Wildman–Crippen LogP) is 1.21. The molecule has 0 saturated heterocycles. The number of nitrogens with one attached hydrogen (secondary N) is 2. The van der Waals surface area contributed by atoms with Crippen molar-refractivity contribution in [3.63, 3.8) is 0 Å². The van der Waals surface area contributed by atoms with Gasteiger partial charge in [0.2, 0.25) is 5.95 Å². The van der Waals surface area contributed by atoms with Crippen LogP contribution in [0.25, 0.3) is 10.9 Å². The number of benzene rings is 1. The Morgan fingerprint density at radius 3 is 2.96 bits per heavy atom. The second-order valence-corrected chi connectivity index (χ2v) is 5.97. The van der Waals surface area contributed by atoms with Crippen molar-refractivity contribution in [1.82, 2.24) is 19.7 Å². The molecule has 7 heteroatoms. The Morgan fingerprint density at radius 2 is 2.22 bits per heavy atom. The fraction of sp³-hybridized carbons (Fsp3) is 0.312. The molecule has 0 bridgehead atoms. The van der Waals surface area contributed by atoms with Gasteiger partial charge in [-0.2, -0.15) is 5.10 Å². The summed E-state index contributed by atoms with van der Waals surface area (Å²) < 4.78 is 1.76. The maximum atomic E-state index is 12.1. The molecular weight excluding hydrogens is 294 g/mol. The molecule has 1 aliphatic rings. The molecule has 23 heavy (non-hydrogen) atoms. The second-order valence-electron chi connectivity index (χ2n) is 5.97. The molecule has 3 N–H and O–H groups in total. The minimum Gasteiger partial charge on any atom is -0.391 e. The largest absolute Gasteiger partial charge is 0.391 e. The lowest BCUT2D eigenvalue weighted by Gasteiger charge is -2.41. The molecule has 1 aromatic carbocycles. The zero-order valence-corrected chi connectivity index (χ0v) is 12.6. The molecule has 0 aliphatic heterocycles. The molecule has 1 fully saturated rings. The van der Waals surface area contributed by atoms with E-state index in [2.05, 4.69) is 20.4 Å². The maximum absolute atomic E-state index is 12.1. The van der Waals surface area contributed by atoms with E-state index in [1.165, 1.54) is 0 Å². The Labute approximate surface area is 132 Å². The van der Waals surface area contributed by atoms with Gasteiger partial charge in [0.25, 0.3) is 5.56 Å². The first kappa shape index (κ1) is 14.0. The number of rotatable bonds is 3. The number of aromatic amines is 1. The van der Waals surface area contributed by atoms with Gasteiger partial charge in [0, 0.05) is 6.20 Å². The zero-order valence-electron chi connectivity index (χ0n) is 12.6. The van der Waals surface area contributed by atoms with E-state index in [4.69, 9.17) is 0 Å². The van der Waals surface area contributed by atoms with Crippen LogP contribution in [0.5, 0.6) is 0 Å². The molecule has 7 nitrogen and oxygen atoms in total. The summed E-state index contributed by atoms with van der Waals surface area (Å²) in [5.74, 6) is 0.416. The van der Waals surface area contributed by atoms with Crippen molar-refractivity contribution in [1.29, 1.82) is 0 Å². The summed E-state index contributed by atoms with van der Waals surface area (Å²) >= 11 is 0. The summed E-state index contributed by atoms with van der Waals surface area (Å²) in [4.78, 5) is 19.3. The van der Waals surface area contributed by atoms with Gasteiger partial charge in [-0.3, -0.25) is 14.5 Å². The number of aliphatic hydroxyl groups excluding tert-OH is 1. The van der Waals surface area contributed by atoms with Crippen molar-refractivity contribution in [2.45, 2.75) is 31.5 Å². The monoisotopic (exact) mass is 311 g/mol. The summed E-state index contributed by atoms with van der Waals surface area (Å²) in [7, 11) is 0. The third-order valence-electron chi connectivity index (χ3n) is 4.27. The molecule has 118 valence electrons. The maximum Gasteiger partial charge on any atom is 0.260 e. The zero-order chi connectivity index (χ0) is 16.0. The highest BCUT2D eigenvalue weighted by molar-refractivity contribution is 5.78. The molecule has 4 rings (SSSR count). The van der Waals surface area contributed by atoms with Crippen molar-refractivity contribution in [2.75, 3.05) is 5.32 Å². The van der Waals surface area contributed by atoms with Gasteiger partial charge < -0.3 is 10.4 Å². The highest BCUT2D eigenvalue weighted by Crippen LogP contribution is 2.34. The van der Waals surface area contributed by atoms with Gasteiger partial charge >= 0.3 is 0 Å². The van der Waals surface area contributed by atoms with E-state index >= 15 is 0 Å². The molecule has 3 aromatic rings. The number of hydrogen-bond acceptors (Lipinski definition) is 5. The summed E-state index contributed by atoms with van der Waals surface area (Å²) in [6, 6.07) is 7.01. The summed E-state index contributed by atoms with van der Waals surface area (Å²) in [5.41, 5.74) is 1.51. The van der Waals surface area contributed by atoms with Gasteiger partial charge in [-0.05, 0) is 31.0 Å². The van der Waals surface area contributed by atoms with Crippen LogP contribution in [0, 0.1) is 6.92 Å². The van der Waals surface area contributed by atoms with Crippen molar-refractivity contribution >= 4 is 16.9 Å². The average molecular weight is 311 g/mol. The van der Waals surface area contributed by atoms with Gasteiger partial charge in [-0.25, -0.2) is 4.98 Å². The van der Waals surface area contributed by atoms with Crippen molar-refractivity contribution in [3.05, 3.63) is 52.6 Å². The number of anilines is 1. The normalized spacial score (nSPS) is 23.7. The molecular formula is C16H17N5O2. The number of aliphatic hydroxyl groups is 1. The van der Waals surface area contributed by atoms with Crippen LogP contribution in [-0.4, -0.2) is 37.0 Å². The first-order valence-electron chi connectivity index (χ1n) is 7.56. The van der Waals surface area contributed by atoms with E-state index in [0.717, 1.165) is 5.56 Å². The highest BCUT2D eigenvalue weighted by atomic mass is 16.3. The quantitative estimate of drug-likeness (QED) is 0.676. The molecule has 1 aliphatic carbocycles. The molecule has 3 atom stereocenters. The molecule has 2 aromatic heterocycles. The van der Waals surface area contributed by atoms with Crippen LogP contribution in [0.15, 0.2) is 41.5 Å². The topological polar surface area (TPSA) is 95.8 Å². The number of aromatic nitrogens is 4. The van der Waals surface area contributed by atoms with Crippen LogP contribution in [0.3, 0.4) is 0 Å². The second kappa shape index (κ2) is 5.20. The molecule has 2 heterocycles. The Hall–Kier alpha value is -2.67. The van der Waals surface area contributed by atoms with E-state index in [9.17, 15) is 9.90 Å². The molecule has 0 radical (unpaired) electrons. The summed E-state index contributed by atoms with van der Waals surface area (Å²) in [6.07, 6.45) is 3.79. The number of H-pyrrole nitrogens is 1. The lowest BCUT2D eigenvalue weighted by Crippen LogP contribution is -2.51. The highest BCUT2D eigenvalue weighted by Gasteiger charge is 2.42. The van der Waals surface area contributed by atoms with E-state index in [0.29, 0.717) is 23.3 Å². The van der Waals surface area contributed by atoms with Crippen LogP contribution >= 0.6 is 0 Å². The molecule has 0 spiro atoms. The predicted molar refractivity (Wildman–Crippen MR) is 86.4 cm³/mol. The van der Waals surface area contributed by atoms with Crippen molar-refractivity contribution < 1.29 is 5.11 Å². The number of hydrogen-bond donors (Lipinski definition) is 3. The fourth-order valence-electron chi connectivity index (χ4n) is 3.04. The first-order chi connectivity index (χ1) is 11.1. The molecule has 1 saturated carbocycles. The minimum absolute atomic E-state index is 0.0337. The first-order valence-corrected chi connectivity index (χ1v) is 7.56. The summed E-state index contributed by atoms with van der Waals surface area (Å²) in [6.45, 7) is 1.96. The minimum atomic E-state index is -0.459. The lowest BCUT2D eigenvalue weighted by molar-refractivity contribution is 0.0131. The average Bonchev–Trinajstić information content (AvgIpc) is 2.92. The third-order valence-corrected chi connectivity index (χ3v) is 4.27. The number of nitrogens with zero attached hydrogens (tertiary/aromatic N) is 3. The van der Waals surface area contributed by atoms with Crippen LogP contribution in [0.2, 0.25) is 0 Å². The lowest BCUT2D eigenvalue weighted by atomic mass is 9.83. The summed E-state index contributed by atoms with van der Waals surface area (Å²) in [5, 5.41) is 18.1. The fourth-order valence-corrected chi connectivity index (χ4v) is 3.04. The SMILES string of the molecule is Cc1cnn([C@H]2[C@H](O)C[C@@H]2Nc2nc3ccccc3c(=O)[nH]2)c1. The van der Waals surface area contributed by atoms with E-state index in [1.54, 1.807) is 23.0 Å². The van der Waals surface area contributed by atoms with Gasteiger partial charge in [0.15, 0.2) is 0 Å². The van der Waals surface area contributed by atoms with Gasteiger partial charge in [-0.15, -0.1) is 0 Å². The van der Waals surface area contributed by atoms with E-state index in [-0.39, 0.29) is 17.6 Å². The van der Waals surface area contributed by atoms with Gasteiger partial charge in [0.05, 0.1) is 35.3 Å². The Balaban J connectivity index is 1.62. The smallest absolute Gasteiger partial charge is 0.260 e. The standard InChI is InChI=1S/C16H17N5O2/c1-9-7-17-21(8-9)14-12(6-13(14)22)19-16-18-11-5-3-2-4-10(11)15(23)20-16/h2-5,7-8,12-14,22H,6H2,1H3,(H2,18,19,20,23)/t12-,13+,14+/m0/s1.